The number of imidazole rings is 1. The third-order valence-electron chi connectivity index (χ3n) is 4.94. The summed E-state index contributed by atoms with van der Waals surface area (Å²) in [7, 11) is 0. The first-order valence-electron chi connectivity index (χ1n) is 9.13. The van der Waals surface area contributed by atoms with Crippen molar-refractivity contribution in [3.63, 3.8) is 0 Å². The number of aromatic nitrogens is 3. The van der Waals surface area contributed by atoms with E-state index in [4.69, 9.17) is 26.7 Å². The molecule has 2 atom stereocenters. The van der Waals surface area contributed by atoms with Gasteiger partial charge in [0.25, 0.3) is 0 Å². The second-order valence-electron chi connectivity index (χ2n) is 6.82. The smallest absolute Gasteiger partial charge is 0.129 e. The molecule has 1 aliphatic rings. The van der Waals surface area contributed by atoms with Crippen LogP contribution in [0, 0.1) is 5.41 Å². The predicted octanol–water partition coefficient (Wildman–Crippen LogP) is 4.23. The van der Waals surface area contributed by atoms with Crippen molar-refractivity contribution in [1.29, 1.82) is 5.41 Å². The second kappa shape index (κ2) is 7.66. The van der Waals surface area contributed by atoms with Crippen LogP contribution in [-0.4, -0.2) is 33.5 Å². The highest BCUT2D eigenvalue weighted by atomic mass is 35.5. The second-order valence-corrected chi connectivity index (χ2v) is 7.25. The molecule has 0 amide bonds. The SMILES string of the molecule is C[C@@H]1CC(n2c(CN/C=C\C=N)nc3cnc4ccc(Cl)cc4c32)CCO1. The van der Waals surface area contributed by atoms with Crippen LogP contribution in [0.25, 0.3) is 21.9 Å². The number of pyridine rings is 1. The van der Waals surface area contributed by atoms with Crippen LogP contribution in [0.2, 0.25) is 5.02 Å². The molecule has 0 radical (unpaired) electrons. The first kappa shape index (κ1) is 17.9. The molecule has 0 bridgehead atoms. The van der Waals surface area contributed by atoms with E-state index in [1.165, 1.54) is 6.21 Å². The fraction of sp³-hybridized carbons (Fsp3) is 0.350. The Morgan fingerprint density at radius 1 is 1.41 bits per heavy atom. The average molecular weight is 384 g/mol. The fourth-order valence-electron chi connectivity index (χ4n) is 3.79. The van der Waals surface area contributed by atoms with Gasteiger partial charge in [0.15, 0.2) is 0 Å². The van der Waals surface area contributed by atoms with Gasteiger partial charge in [-0.1, -0.05) is 11.6 Å². The Bertz CT molecular complexity index is 1010. The molecule has 1 aromatic carbocycles. The monoisotopic (exact) mass is 383 g/mol. The van der Waals surface area contributed by atoms with Gasteiger partial charge >= 0.3 is 0 Å². The maximum atomic E-state index is 7.10. The van der Waals surface area contributed by atoms with Crippen LogP contribution in [-0.2, 0) is 11.3 Å². The van der Waals surface area contributed by atoms with E-state index < -0.39 is 0 Å². The molecule has 6 nitrogen and oxygen atoms in total. The number of nitrogens with zero attached hydrogens (tertiary/aromatic N) is 3. The van der Waals surface area contributed by atoms with Gasteiger partial charge in [-0.15, -0.1) is 0 Å². The van der Waals surface area contributed by atoms with Crippen molar-refractivity contribution in [3.05, 3.63) is 47.5 Å². The number of halogens is 1. The highest BCUT2D eigenvalue weighted by molar-refractivity contribution is 6.31. The van der Waals surface area contributed by atoms with E-state index in [1.54, 1.807) is 12.3 Å². The summed E-state index contributed by atoms with van der Waals surface area (Å²) in [6.07, 6.45) is 8.60. The van der Waals surface area contributed by atoms with E-state index in [-0.39, 0.29) is 6.10 Å². The largest absolute Gasteiger partial charge is 0.384 e. The molecule has 1 saturated heterocycles. The minimum atomic E-state index is 0.219. The maximum absolute atomic E-state index is 7.10. The Labute approximate surface area is 162 Å². The predicted molar refractivity (Wildman–Crippen MR) is 108 cm³/mol. The van der Waals surface area contributed by atoms with Crippen LogP contribution < -0.4 is 5.32 Å². The van der Waals surface area contributed by atoms with Crippen LogP contribution >= 0.6 is 11.6 Å². The van der Waals surface area contributed by atoms with Crippen molar-refractivity contribution in [2.24, 2.45) is 0 Å². The van der Waals surface area contributed by atoms with Crippen LogP contribution in [0.1, 0.15) is 31.6 Å². The van der Waals surface area contributed by atoms with E-state index in [0.29, 0.717) is 17.6 Å². The maximum Gasteiger partial charge on any atom is 0.129 e. The van der Waals surface area contributed by atoms with Crippen molar-refractivity contribution < 1.29 is 4.74 Å². The lowest BCUT2D eigenvalue weighted by atomic mass is 10.0. The Morgan fingerprint density at radius 2 is 2.30 bits per heavy atom. The number of ether oxygens (including phenoxy) is 1. The van der Waals surface area contributed by atoms with E-state index >= 15 is 0 Å². The average Bonchev–Trinajstić information content (AvgIpc) is 3.04. The van der Waals surface area contributed by atoms with Gasteiger partial charge in [-0.3, -0.25) is 4.98 Å². The van der Waals surface area contributed by atoms with Gasteiger partial charge in [0.2, 0.25) is 0 Å². The zero-order valence-electron chi connectivity index (χ0n) is 15.2. The number of hydrogen-bond acceptors (Lipinski definition) is 5. The molecule has 2 N–H and O–H groups in total. The molecule has 1 aliphatic heterocycles. The highest BCUT2D eigenvalue weighted by Gasteiger charge is 2.26. The van der Waals surface area contributed by atoms with Gasteiger partial charge in [-0.25, -0.2) is 4.98 Å². The number of benzene rings is 1. The van der Waals surface area contributed by atoms with Crippen molar-refractivity contribution in [3.8, 4) is 0 Å². The topological polar surface area (TPSA) is 75.8 Å². The molecule has 3 aromatic rings. The minimum Gasteiger partial charge on any atom is -0.384 e. The van der Waals surface area contributed by atoms with Crippen LogP contribution in [0.4, 0.5) is 0 Å². The highest BCUT2D eigenvalue weighted by Crippen LogP contribution is 2.34. The lowest BCUT2D eigenvalue weighted by Gasteiger charge is -2.30. The van der Waals surface area contributed by atoms with Crippen molar-refractivity contribution >= 4 is 39.8 Å². The van der Waals surface area contributed by atoms with Crippen molar-refractivity contribution in [1.82, 2.24) is 19.9 Å². The molecule has 7 heteroatoms. The van der Waals surface area contributed by atoms with Gasteiger partial charge in [0.1, 0.15) is 11.3 Å². The summed E-state index contributed by atoms with van der Waals surface area (Å²) in [5, 5.41) is 12.0. The van der Waals surface area contributed by atoms with Gasteiger partial charge in [0, 0.05) is 29.3 Å². The third kappa shape index (κ3) is 3.55. The number of rotatable bonds is 5. The zero-order chi connectivity index (χ0) is 18.8. The van der Waals surface area contributed by atoms with Gasteiger partial charge in [-0.2, -0.15) is 0 Å². The number of nitrogens with one attached hydrogen (secondary N) is 2. The van der Waals surface area contributed by atoms with E-state index in [1.807, 2.05) is 24.4 Å². The molecule has 0 aliphatic carbocycles. The minimum absolute atomic E-state index is 0.219. The summed E-state index contributed by atoms with van der Waals surface area (Å²) in [6.45, 7) is 3.44. The molecule has 0 spiro atoms. The van der Waals surface area contributed by atoms with Crippen LogP contribution in [0.3, 0.4) is 0 Å². The summed E-state index contributed by atoms with van der Waals surface area (Å²) in [5.74, 6) is 0.952. The van der Waals surface area contributed by atoms with E-state index in [2.05, 4.69) is 21.8 Å². The standard InChI is InChI=1S/C20H22ClN5O/c1-13-9-15(5-8-27-13)26-19(12-23-7-2-6-22)25-18-11-24-17-4-3-14(21)10-16(17)20(18)26/h2-4,6-7,10-11,13,15,22-23H,5,8-9,12H2,1H3/b7-2-,22-6?/t13-,15?/m1/s1. The van der Waals surface area contributed by atoms with Crippen molar-refractivity contribution in [2.75, 3.05) is 6.61 Å². The summed E-state index contributed by atoms with van der Waals surface area (Å²) < 4.78 is 8.09. The molecular formula is C20H22ClN5O. The summed E-state index contributed by atoms with van der Waals surface area (Å²) in [5.41, 5.74) is 2.86. The molecule has 140 valence electrons. The molecule has 3 heterocycles. The molecule has 1 fully saturated rings. The lowest BCUT2D eigenvalue weighted by molar-refractivity contribution is 0.00622. The lowest BCUT2D eigenvalue weighted by Crippen LogP contribution is -2.27. The van der Waals surface area contributed by atoms with E-state index in [9.17, 15) is 0 Å². The molecule has 1 unspecified atom stereocenters. The number of allylic oxidation sites excluding steroid dienone is 1. The molecule has 27 heavy (non-hydrogen) atoms. The number of hydrogen-bond donors (Lipinski definition) is 2. The van der Waals surface area contributed by atoms with Crippen molar-refractivity contribution in [2.45, 2.75) is 38.5 Å². The Kier molecular flexibility index (Phi) is 5.09. The molecule has 2 aromatic heterocycles. The van der Waals surface area contributed by atoms with Crippen LogP contribution in [0.15, 0.2) is 36.7 Å². The quantitative estimate of drug-likeness (QED) is 0.646. The number of fused-ring (bicyclic) bond motifs is 3. The summed E-state index contributed by atoms with van der Waals surface area (Å²) in [6, 6.07) is 6.10. The first-order valence-corrected chi connectivity index (χ1v) is 9.51. The Balaban J connectivity index is 1.88. The fourth-order valence-corrected chi connectivity index (χ4v) is 3.96. The molecule has 0 saturated carbocycles. The van der Waals surface area contributed by atoms with Gasteiger partial charge in [0.05, 0.1) is 29.9 Å². The van der Waals surface area contributed by atoms with Gasteiger partial charge in [-0.05, 0) is 50.2 Å². The zero-order valence-corrected chi connectivity index (χ0v) is 15.9. The summed E-state index contributed by atoms with van der Waals surface area (Å²) >= 11 is 6.29. The Morgan fingerprint density at radius 3 is 3.11 bits per heavy atom. The summed E-state index contributed by atoms with van der Waals surface area (Å²) in [4.78, 5) is 9.40. The third-order valence-corrected chi connectivity index (χ3v) is 5.18. The van der Waals surface area contributed by atoms with Crippen LogP contribution in [0.5, 0.6) is 0 Å². The van der Waals surface area contributed by atoms with Gasteiger partial charge < -0.3 is 20.0 Å². The van der Waals surface area contributed by atoms with E-state index in [0.717, 1.165) is 47.2 Å². The Hall–Kier alpha value is -2.44. The molecular weight excluding hydrogens is 362 g/mol. The normalized spacial score (nSPS) is 20.5. The molecule has 4 rings (SSSR count). The first-order chi connectivity index (χ1) is 13.2.